The highest BCUT2D eigenvalue weighted by molar-refractivity contribution is 5.78. The van der Waals surface area contributed by atoms with Crippen molar-refractivity contribution >= 4 is 11.9 Å². The summed E-state index contributed by atoms with van der Waals surface area (Å²) in [5.41, 5.74) is 5.66. The van der Waals surface area contributed by atoms with Gasteiger partial charge in [-0.1, -0.05) is 13.3 Å². The maximum atomic E-state index is 11.6. The molecule has 0 spiro atoms. The maximum absolute atomic E-state index is 11.6. The van der Waals surface area contributed by atoms with Crippen molar-refractivity contribution in [2.75, 3.05) is 19.6 Å². The molecule has 1 aliphatic rings. The summed E-state index contributed by atoms with van der Waals surface area (Å²) in [5, 5.41) is 0. The van der Waals surface area contributed by atoms with Crippen LogP contribution in [0.25, 0.3) is 0 Å². The van der Waals surface area contributed by atoms with Crippen molar-refractivity contribution in [1.82, 2.24) is 4.90 Å². The van der Waals surface area contributed by atoms with E-state index in [1.165, 1.54) is 12.8 Å². The summed E-state index contributed by atoms with van der Waals surface area (Å²) in [6, 6.07) is 0. The lowest BCUT2D eigenvalue weighted by Crippen LogP contribution is -2.43. The largest absolute Gasteiger partial charge is 0.460 e. The van der Waals surface area contributed by atoms with Gasteiger partial charge in [0.15, 0.2) is 5.96 Å². The van der Waals surface area contributed by atoms with Gasteiger partial charge < -0.3 is 15.4 Å². The molecule has 22 heavy (non-hydrogen) atoms. The monoisotopic (exact) mass is 311 g/mol. The van der Waals surface area contributed by atoms with Crippen molar-refractivity contribution in [3.05, 3.63) is 0 Å². The number of carbonyl (C=O) groups is 1. The summed E-state index contributed by atoms with van der Waals surface area (Å²) in [4.78, 5) is 18.2. The number of likely N-dealkylation sites (tertiary alicyclic amines) is 1. The third kappa shape index (κ3) is 8.25. The number of nitrogens with two attached hydrogens (primary N) is 1. The fraction of sp³-hybridized carbons (Fsp3) is 0.882. The van der Waals surface area contributed by atoms with Gasteiger partial charge in [-0.3, -0.25) is 9.79 Å². The molecule has 0 bridgehead atoms. The molecule has 1 atom stereocenters. The molecule has 128 valence electrons. The molecular formula is C17H33N3O2. The Kier molecular flexibility index (Phi) is 7.69. The number of hydrogen-bond acceptors (Lipinski definition) is 3. The van der Waals surface area contributed by atoms with Crippen molar-refractivity contribution in [2.24, 2.45) is 16.6 Å². The van der Waals surface area contributed by atoms with E-state index in [1.807, 2.05) is 20.8 Å². The lowest BCUT2D eigenvalue weighted by molar-refractivity contribution is -0.154. The molecule has 1 heterocycles. The lowest BCUT2D eigenvalue weighted by atomic mass is 10.0. The van der Waals surface area contributed by atoms with E-state index in [-0.39, 0.29) is 11.6 Å². The first-order valence-corrected chi connectivity index (χ1v) is 8.54. The topological polar surface area (TPSA) is 67.9 Å². The number of nitrogens with zero attached hydrogens (tertiary/aromatic N) is 2. The molecule has 1 saturated heterocycles. The Hall–Kier alpha value is -1.26. The fourth-order valence-electron chi connectivity index (χ4n) is 2.64. The smallest absolute Gasteiger partial charge is 0.306 e. The highest BCUT2D eigenvalue weighted by Crippen LogP contribution is 2.15. The highest BCUT2D eigenvalue weighted by Gasteiger charge is 2.17. The van der Waals surface area contributed by atoms with Gasteiger partial charge in [0.25, 0.3) is 0 Å². The number of ether oxygens (including phenoxy) is 1. The average molecular weight is 311 g/mol. The Balaban J connectivity index is 2.11. The lowest BCUT2D eigenvalue weighted by Gasteiger charge is -2.31. The van der Waals surface area contributed by atoms with Gasteiger partial charge in [-0.2, -0.15) is 0 Å². The van der Waals surface area contributed by atoms with Crippen molar-refractivity contribution in [2.45, 2.75) is 71.8 Å². The Bertz CT molecular complexity index is 375. The van der Waals surface area contributed by atoms with Gasteiger partial charge in [-0.15, -0.1) is 0 Å². The highest BCUT2D eigenvalue weighted by atomic mass is 16.6. The number of hydrogen-bond donors (Lipinski definition) is 1. The standard InChI is InChI=1S/C17H33N3O2/c1-14-9-8-12-20(13-14)16(18)19-11-7-5-6-10-15(21)22-17(2,3)4/h14H,5-13H2,1-4H3,(H2,18,19). The molecule has 0 aliphatic carbocycles. The second-order valence-electron chi connectivity index (χ2n) is 7.33. The molecule has 0 aromatic heterocycles. The van der Waals surface area contributed by atoms with E-state index in [1.54, 1.807) is 0 Å². The molecule has 0 radical (unpaired) electrons. The molecular weight excluding hydrogens is 278 g/mol. The number of unbranched alkanes of at least 4 members (excludes halogenated alkanes) is 2. The predicted octanol–water partition coefficient (Wildman–Crippen LogP) is 2.94. The predicted molar refractivity (Wildman–Crippen MR) is 90.8 cm³/mol. The van der Waals surface area contributed by atoms with E-state index in [9.17, 15) is 4.79 Å². The molecule has 0 amide bonds. The second kappa shape index (κ2) is 9.01. The first-order valence-electron chi connectivity index (χ1n) is 8.54. The van der Waals surface area contributed by atoms with E-state index in [2.05, 4.69) is 16.8 Å². The molecule has 0 saturated carbocycles. The molecule has 1 fully saturated rings. The number of carbonyl (C=O) groups excluding carboxylic acids is 1. The average Bonchev–Trinajstić information content (AvgIpc) is 2.40. The maximum Gasteiger partial charge on any atom is 0.306 e. The van der Waals surface area contributed by atoms with Crippen molar-refractivity contribution in [3.63, 3.8) is 0 Å². The van der Waals surface area contributed by atoms with Gasteiger partial charge >= 0.3 is 5.97 Å². The van der Waals surface area contributed by atoms with Crippen LogP contribution in [-0.4, -0.2) is 42.1 Å². The first kappa shape index (κ1) is 18.8. The first-order chi connectivity index (χ1) is 10.3. The van der Waals surface area contributed by atoms with Crippen LogP contribution in [0.4, 0.5) is 0 Å². The summed E-state index contributed by atoms with van der Waals surface area (Å²) in [5.74, 6) is 1.27. The number of guanidine groups is 1. The van der Waals surface area contributed by atoms with Gasteiger partial charge in [-0.05, 0) is 52.4 Å². The summed E-state index contributed by atoms with van der Waals surface area (Å²) in [6.07, 6.45) is 5.77. The molecule has 5 heteroatoms. The van der Waals surface area contributed by atoms with Gasteiger partial charge in [-0.25, -0.2) is 0 Å². The fourth-order valence-corrected chi connectivity index (χ4v) is 2.64. The quantitative estimate of drug-likeness (QED) is 0.354. The van der Waals surface area contributed by atoms with Crippen LogP contribution in [0.3, 0.4) is 0 Å². The van der Waals surface area contributed by atoms with E-state index in [0.29, 0.717) is 18.3 Å². The number of piperidine rings is 1. The molecule has 0 aromatic carbocycles. The van der Waals surface area contributed by atoms with E-state index in [0.717, 1.165) is 38.9 Å². The van der Waals surface area contributed by atoms with E-state index in [4.69, 9.17) is 10.5 Å². The summed E-state index contributed by atoms with van der Waals surface area (Å²) in [6.45, 7) is 10.7. The zero-order valence-corrected chi connectivity index (χ0v) is 14.7. The van der Waals surface area contributed by atoms with Crippen molar-refractivity contribution in [3.8, 4) is 0 Å². The van der Waals surface area contributed by atoms with E-state index >= 15 is 0 Å². The Morgan fingerprint density at radius 1 is 1.32 bits per heavy atom. The number of esters is 1. The van der Waals surface area contributed by atoms with Crippen LogP contribution >= 0.6 is 0 Å². The molecule has 1 aliphatic heterocycles. The Morgan fingerprint density at radius 3 is 2.68 bits per heavy atom. The third-order valence-electron chi connectivity index (χ3n) is 3.71. The van der Waals surface area contributed by atoms with Crippen LogP contribution in [0, 0.1) is 5.92 Å². The molecule has 1 unspecified atom stereocenters. The normalized spacial score (nSPS) is 20.1. The van der Waals surface area contributed by atoms with Crippen LogP contribution < -0.4 is 5.73 Å². The minimum absolute atomic E-state index is 0.113. The van der Waals surface area contributed by atoms with Crippen LogP contribution in [-0.2, 0) is 9.53 Å². The SMILES string of the molecule is CC1CCCN(C(N)=NCCCCCC(=O)OC(C)(C)C)C1. The van der Waals surface area contributed by atoms with Crippen LogP contribution in [0.5, 0.6) is 0 Å². The van der Waals surface area contributed by atoms with Crippen molar-refractivity contribution in [1.29, 1.82) is 0 Å². The van der Waals surface area contributed by atoms with Gasteiger partial charge in [0.2, 0.25) is 0 Å². The minimum atomic E-state index is -0.387. The Morgan fingerprint density at radius 2 is 2.05 bits per heavy atom. The van der Waals surface area contributed by atoms with Gasteiger partial charge in [0.05, 0.1) is 0 Å². The van der Waals surface area contributed by atoms with Crippen LogP contribution in [0.15, 0.2) is 4.99 Å². The molecule has 5 nitrogen and oxygen atoms in total. The summed E-state index contributed by atoms with van der Waals surface area (Å²) in [7, 11) is 0. The van der Waals surface area contributed by atoms with Crippen molar-refractivity contribution < 1.29 is 9.53 Å². The van der Waals surface area contributed by atoms with Gasteiger partial charge in [0, 0.05) is 26.1 Å². The van der Waals surface area contributed by atoms with Crippen LogP contribution in [0.1, 0.15) is 66.2 Å². The zero-order valence-electron chi connectivity index (χ0n) is 14.7. The Labute approximate surface area is 135 Å². The zero-order chi connectivity index (χ0) is 16.6. The summed E-state index contributed by atoms with van der Waals surface area (Å²) >= 11 is 0. The number of rotatable bonds is 6. The third-order valence-corrected chi connectivity index (χ3v) is 3.71. The summed E-state index contributed by atoms with van der Waals surface area (Å²) < 4.78 is 5.28. The minimum Gasteiger partial charge on any atom is -0.460 e. The molecule has 0 aromatic rings. The van der Waals surface area contributed by atoms with E-state index < -0.39 is 0 Å². The molecule has 1 rings (SSSR count). The number of aliphatic imine (C=N–C) groups is 1. The second-order valence-corrected chi connectivity index (χ2v) is 7.33. The van der Waals surface area contributed by atoms with Crippen LogP contribution in [0.2, 0.25) is 0 Å². The molecule has 2 N–H and O–H groups in total. The van der Waals surface area contributed by atoms with Gasteiger partial charge in [0.1, 0.15) is 5.60 Å².